The van der Waals surface area contributed by atoms with Crippen LogP contribution in [0.3, 0.4) is 0 Å². The van der Waals surface area contributed by atoms with E-state index in [4.69, 9.17) is 30.3 Å². The summed E-state index contributed by atoms with van der Waals surface area (Å²) >= 11 is 6.21. The van der Waals surface area contributed by atoms with Crippen LogP contribution in [-0.2, 0) is 32.8 Å². The Morgan fingerprint density at radius 1 is 1.32 bits per heavy atom. The van der Waals surface area contributed by atoms with Gasteiger partial charge in [0.1, 0.15) is 24.9 Å². The zero-order valence-corrected chi connectivity index (χ0v) is 23.5. The molecule has 17 heteroatoms. The number of aliphatic hydroxyl groups excluding tert-OH is 1. The highest BCUT2D eigenvalue weighted by Crippen LogP contribution is 2.42. The molecular weight excluding hydrogens is 573 g/mol. The number of aromatic nitrogens is 4. The Kier molecular flexibility index (Phi) is 10.7. The SMILES string of the molecule is C=C[C@H]1[C@@H](O)[C@H](n2ncc3c(NC4CCCC4)nc(Cl)nc32)O[C@@H]1COCP(=O)(O)OCOC(=O)OCCOC. The van der Waals surface area contributed by atoms with Crippen LogP contribution >= 0.6 is 19.2 Å². The van der Waals surface area contributed by atoms with Crippen LogP contribution in [-0.4, -0.2) is 94.2 Å². The predicted molar refractivity (Wildman–Crippen MR) is 141 cm³/mol. The van der Waals surface area contributed by atoms with Crippen molar-refractivity contribution in [1.29, 1.82) is 0 Å². The lowest BCUT2D eigenvalue weighted by molar-refractivity contribution is -0.0638. The third-order valence-corrected chi connectivity index (χ3v) is 7.73. The normalized spacial score (nSPS) is 24.7. The summed E-state index contributed by atoms with van der Waals surface area (Å²) in [4.78, 5) is 30.0. The first kappa shape index (κ1) is 30.6. The highest BCUT2D eigenvalue weighted by Gasteiger charge is 2.44. The molecule has 0 bridgehead atoms. The number of nitrogens with one attached hydrogen (secondary N) is 1. The number of carbonyl (C=O) groups excluding carboxylic acids is 1. The average molecular weight is 606 g/mol. The number of fused-ring (bicyclic) bond motifs is 1. The summed E-state index contributed by atoms with van der Waals surface area (Å²) in [7, 11) is -2.85. The van der Waals surface area contributed by atoms with Crippen LogP contribution in [0.15, 0.2) is 18.9 Å². The van der Waals surface area contributed by atoms with Crippen molar-refractivity contribution in [3.63, 3.8) is 0 Å². The second kappa shape index (κ2) is 14.0. The fraction of sp³-hybridized carbons (Fsp3) is 0.652. The van der Waals surface area contributed by atoms with Crippen molar-refractivity contribution < 1.29 is 47.6 Å². The molecule has 0 spiro atoms. The molecule has 0 amide bonds. The van der Waals surface area contributed by atoms with Gasteiger partial charge >= 0.3 is 13.8 Å². The monoisotopic (exact) mass is 605 g/mol. The first-order valence-corrected chi connectivity index (χ1v) is 14.8. The maximum Gasteiger partial charge on any atom is 0.510 e. The summed E-state index contributed by atoms with van der Waals surface area (Å²) < 4.78 is 43.7. The van der Waals surface area contributed by atoms with E-state index in [9.17, 15) is 19.4 Å². The van der Waals surface area contributed by atoms with Crippen LogP contribution in [0.25, 0.3) is 11.0 Å². The molecule has 3 N–H and O–H groups in total. The lowest BCUT2D eigenvalue weighted by Crippen LogP contribution is -2.27. The molecule has 1 aliphatic carbocycles. The predicted octanol–water partition coefficient (Wildman–Crippen LogP) is 2.83. The molecule has 0 radical (unpaired) electrons. The number of anilines is 1. The van der Waals surface area contributed by atoms with E-state index in [0.29, 0.717) is 16.9 Å². The minimum Gasteiger partial charge on any atom is -0.432 e. The number of hydrogen-bond donors (Lipinski definition) is 3. The molecule has 2 aromatic heterocycles. The van der Waals surface area contributed by atoms with Gasteiger partial charge in [0.25, 0.3) is 0 Å². The van der Waals surface area contributed by atoms with Crippen molar-refractivity contribution in [2.24, 2.45) is 5.92 Å². The van der Waals surface area contributed by atoms with E-state index in [1.54, 1.807) is 6.20 Å². The van der Waals surface area contributed by atoms with Crippen LogP contribution in [0, 0.1) is 5.92 Å². The first-order valence-electron chi connectivity index (χ1n) is 12.7. The van der Waals surface area contributed by atoms with Crippen molar-refractivity contribution in [3.8, 4) is 0 Å². The maximum atomic E-state index is 12.2. The standard InChI is InChI=1S/C23H33ClN5O10P/c1-3-15-17(11-35-13-40(32,33)38-12-37-23(31)36-9-8-34-2)39-21(18(15)30)29-20-16(10-25-29)19(27-22(24)28-20)26-14-6-4-5-7-14/h3,10,14-15,17-18,21,30H,1,4-9,11-13H2,2H3,(H,32,33)(H,26,27,28)/t15-,17-,18-,21-/m1/s1. The number of carbonyl (C=O) groups is 1. The topological polar surface area (TPSA) is 186 Å². The van der Waals surface area contributed by atoms with Gasteiger partial charge in [-0.25, -0.2) is 9.48 Å². The maximum absolute atomic E-state index is 12.2. The van der Waals surface area contributed by atoms with Crippen LogP contribution < -0.4 is 5.32 Å². The summed E-state index contributed by atoms with van der Waals surface area (Å²) in [5.41, 5.74) is 0.378. The Labute approximate surface area is 235 Å². The summed E-state index contributed by atoms with van der Waals surface area (Å²) in [6, 6.07) is 0.283. The summed E-state index contributed by atoms with van der Waals surface area (Å²) in [5.74, 6) is -0.0337. The van der Waals surface area contributed by atoms with Gasteiger partial charge in [0, 0.05) is 19.1 Å². The summed E-state index contributed by atoms with van der Waals surface area (Å²) in [5, 5.41) is 19.5. The summed E-state index contributed by atoms with van der Waals surface area (Å²) in [6.07, 6.45) is 2.86. The molecule has 1 unspecified atom stereocenters. The van der Waals surface area contributed by atoms with Gasteiger partial charge in [-0.1, -0.05) is 18.9 Å². The minimum atomic E-state index is -4.28. The number of ether oxygens (including phenoxy) is 5. The van der Waals surface area contributed by atoms with E-state index in [0.717, 1.165) is 25.7 Å². The van der Waals surface area contributed by atoms with E-state index >= 15 is 0 Å². The van der Waals surface area contributed by atoms with Crippen molar-refractivity contribution in [1.82, 2.24) is 19.7 Å². The molecule has 5 atom stereocenters. The van der Waals surface area contributed by atoms with Gasteiger partial charge in [0.2, 0.25) is 12.1 Å². The zero-order chi connectivity index (χ0) is 28.7. The number of halogens is 1. The Morgan fingerprint density at radius 2 is 2.10 bits per heavy atom. The number of rotatable bonds is 14. The number of nitrogens with zero attached hydrogens (tertiary/aromatic N) is 4. The largest absolute Gasteiger partial charge is 0.510 e. The van der Waals surface area contributed by atoms with Crippen molar-refractivity contribution >= 4 is 42.2 Å². The highest BCUT2D eigenvalue weighted by atomic mass is 35.5. The van der Waals surface area contributed by atoms with Crippen molar-refractivity contribution in [2.75, 3.05) is 45.4 Å². The van der Waals surface area contributed by atoms with Gasteiger partial charge in [-0.2, -0.15) is 15.1 Å². The van der Waals surface area contributed by atoms with Crippen LogP contribution in [0.5, 0.6) is 0 Å². The zero-order valence-electron chi connectivity index (χ0n) is 21.9. The number of aliphatic hydroxyl groups is 1. The van der Waals surface area contributed by atoms with Crippen molar-refractivity contribution in [2.45, 2.75) is 50.2 Å². The van der Waals surface area contributed by atoms with E-state index in [2.05, 4.69) is 36.4 Å². The fourth-order valence-electron chi connectivity index (χ4n) is 4.59. The third-order valence-electron chi connectivity index (χ3n) is 6.54. The van der Waals surface area contributed by atoms with Crippen molar-refractivity contribution in [3.05, 3.63) is 24.1 Å². The molecule has 2 aliphatic rings. The molecule has 15 nitrogen and oxygen atoms in total. The van der Waals surface area contributed by atoms with E-state index < -0.39 is 51.2 Å². The van der Waals surface area contributed by atoms with Crippen LogP contribution in [0.1, 0.15) is 31.9 Å². The van der Waals surface area contributed by atoms with Crippen LogP contribution in [0.4, 0.5) is 10.6 Å². The highest BCUT2D eigenvalue weighted by molar-refractivity contribution is 7.52. The molecule has 1 saturated heterocycles. The Bertz CT molecular complexity index is 1210. The Morgan fingerprint density at radius 3 is 2.83 bits per heavy atom. The van der Waals surface area contributed by atoms with Crippen LogP contribution in [0.2, 0.25) is 5.28 Å². The Hall–Kier alpha value is -2.36. The lowest BCUT2D eigenvalue weighted by atomic mass is 9.99. The molecule has 2 aromatic rings. The van der Waals surface area contributed by atoms with Gasteiger partial charge < -0.3 is 39.0 Å². The van der Waals surface area contributed by atoms with E-state index in [1.807, 2.05) is 0 Å². The second-order valence-electron chi connectivity index (χ2n) is 9.28. The fourth-order valence-corrected chi connectivity index (χ4v) is 5.38. The average Bonchev–Trinajstić information content (AvgIpc) is 3.63. The van der Waals surface area contributed by atoms with Gasteiger partial charge in [-0.3, -0.25) is 9.09 Å². The number of hydrogen-bond acceptors (Lipinski definition) is 13. The van der Waals surface area contributed by atoms with Gasteiger partial charge in [-0.15, -0.1) is 6.58 Å². The molecule has 2 fully saturated rings. The Balaban J connectivity index is 1.34. The minimum absolute atomic E-state index is 0.0216. The molecule has 40 heavy (non-hydrogen) atoms. The van der Waals surface area contributed by atoms with Gasteiger partial charge in [0.05, 0.1) is 30.9 Å². The van der Waals surface area contributed by atoms with Gasteiger partial charge in [0.15, 0.2) is 11.9 Å². The molecule has 222 valence electrons. The third kappa shape index (κ3) is 7.68. The smallest absolute Gasteiger partial charge is 0.432 e. The molecule has 3 heterocycles. The molecule has 1 aliphatic heterocycles. The van der Waals surface area contributed by atoms with E-state index in [-0.39, 0.29) is 31.1 Å². The summed E-state index contributed by atoms with van der Waals surface area (Å²) in [6.45, 7) is 2.91. The van der Waals surface area contributed by atoms with E-state index in [1.165, 1.54) is 17.9 Å². The van der Waals surface area contributed by atoms with Gasteiger partial charge in [-0.05, 0) is 24.4 Å². The number of methoxy groups -OCH3 is 1. The first-order chi connectivity index (χ1) is 19.2. The molecular formula is C23H33ClN5O10P. The lowest BCUT2D eigenvalue weighted by Gasteiger charge is -2.17. The molecule has 1 saturated carbocycles. The molecule has 4 rings (SSSR count). The second-order valence-corrected chi connectivity index (χ2v) is 11.4. The molecule has 0 aromatic carbocycles. The quantitative estimate of drug-likeness (QED) is 0.0712.